The van der Waals surface area contributed by atoms with Crippen molar-refractivity contribution in [3.05, 3.63) is 72.4 Å². The Balaban J connectivity index is 1.54. The molecule has 0 saturated carbocycles. The van der Waals surface area contributed by atoms with Gasteiger partial charge in [0.25, 0.3) is 0 Å². The van der Waals surface area contributed by atoms with E-state index in [1.54, 1.807) is 19.4 Å². The number of methoxy groups -OCH3 is 1. The molecule has 0 saturated heterocycles. The summed E-state index contributed by atoms with van der Waals surface area (Å²) in [5.74, 6) is 2.25. The maximum atomic E-state index is 6.16. The van der Waals surface area contributed by atoms with Crippen LogP contribution in [0.4, 0.5) is 17.3 Å². The molecule has 4 aromatic rings. The van der Waals surface area contributed by atoms with Crippen molar-refractivity contribution in [3.63, 3.8) is 0 Å². The summed E-state index contributed by atoms with van der Waals surface area (Å²) < 4.78 is 11.8. The fourth-order valence-corrected chi connectivity index (χ4v) is 3.80. The molecule has 0 unspecified atom stereocenters. The van der Waals surface area contributed by atoms with E-state index in [0.29, 0.717) is 17.6 Å². The highest BCUT2D eigenvalue weighted by Gasteiger charge is 2.11. The van der Waals surface area contributed by atoms with Gasteiger partial charge in [-0.05, 0) is 50.8 Å². The second-order valence-corrected chi connectivity index (χ2v) is 8.54. The van der Waals surface area contributed by atoms with Gasteiger partial charge < -0.3 is 25.0 Å². The first kappa shape index (κ1) is 24.9. The number of fused-ring (bicyclic) bond motifs is 1. The number of likely N-dealkylation sites (N-methyl/N-ethyl adjacent to an activating group) is 1. The molecule has 36 heavy (non-hydrogen) atoms. The van der Waals surface area contributed by atoms with Gasteiger partial charge in [-0.15, -0.1) is 0 Å². The number of anilines is 3. The fraction of sp³-hybridized carbons (Fsp3) is 0.250. The SMILES string of the molecule is CNc1ccc(Oc2ccnc(Nc3ccc(C(C)=NCCN(C)C)cc3OC)n2)c2ccccc12. The van der Waals surface area contributed by atoms with Gasteiger partial charge in [0.1, 0.15) is 11.5 Å². The van der Waals surface area contributed by atoms with Gasteiger partial charge in [0.15, 0.2) is 0 Å². The summed E-state index contributed by atoms with van der Waals surface area (Å²) in [4.78, 5) is 15.7. The first-order chi connectivity index (χ1) is 17.5. The van der Waals surface area contributed by atoms with Crippen molar-refractivity contribution < 1.29 is 9.47 Å². The molecule has 186 valence electrons. The molecule has 8 heteroatoms. The number of hydrogen-bond donors (Lipinski definition) is 2. The number of nitrogens with zero attached hydrogens (tertiary/aromatic N) is 4. The van der Waals surface area contributed by atoms with Gasteiger partial charge in [-0.1, -0.05) is 30.3 Å². The van der Waals surface area contributed by atoms with Crippen LogP contribution in [-0.4, -0.2) is 61.9 Å². The third kappa shape index (κ3) is 5.90. The van der Waals surface area contributed by atoms with Crippen molar-refractivity contribution >= 4 is 33.8 Å². The minimum atomic E-state index is 0.408. The number of hydrogen-bond acceptors (Lipinski definition) is 8. The van der Waals surface area contributed by atoms with Crippen molar-refractivity contribution in [3.8, 4) is 17.4 Å². The highest BCUT2D eigenvalue weighted by molar-refractivity contribution is 6.00. The van der Waals surface area contributed by atoms with Gasteiger partial charge in [0.2, 0.25) is 11.8 Å². The smallest absolute Gasteiger partial charge is 0.230 e. The molecular formula is C28H32N6O2. The van der Waals surface area contributed by atoms with Crippen LogP contribution >= 0.6 is 0 Å². The quantitative estimate of drug-likeness (QED) is 0.284. The number of benzene rings is 3. The standard InChI is InChI=1S/C28H32N6O2/c1-19(30-16-17-34(3)4)20-10-11-24(26(18-20)35-5)32-28-31-15-14-27(33-28)36-25-13-12-23(29-2)21-8-6-7-9-22(21)25/h6-15,18,29H,16-17H2,1-5H3,(H,31,32,33). The van der Waals surface area contributed by atoms with E-state index < -0.39 is 0 Å². The first-order valence-electron chi connectivity index (χ1n) is 11.8. The molecule has 0 aliphatic carbocycles. The average Bonchev–Trinajstić information content (AvgIpc) is 2.89. The lowest BCUT2D eigenvalue weighted by molar-refractivity contribution is 0.416. The zero-order valence-corrected chi connectivity index (χ0v) is 21.4. The molecule has 0 aliphatic heterocycles. The van der Waals surface area contributed by atoms with Crippen molar-refractivity contribution in [2.24, 2.45) is 4.99 Å². The maximum absolute atomic E-state index is 6.16. The molecule has 0 fully saturated rings. The van der Waals surface area contributed by atoms with Crippen LogP contribution in [0.15, 0.2) is 71.9 Å². The van der Waals surface area contributed by atoms with Crippen molar-refractivity contribution in [1.82, 2.24) is 14.9 Å². The minimum absolute atomic E-state index is 0.408. The first-order valence-corrected chi connectivity index (χ1v) is 11.8. The van der Waals surface area contributed by atoms with E-state index >= 15 is 0 Å². The molecule has 0 radical (unpaired) electrons. The van der Waals surface area contributed by atoms with Crippen LogP contribution < -0.4 is 20.1 Å². The Morgan fingerprint density at radius 2 is 1.75 bits per heavy atom. The highest BCUT2D eigenvalue weighted by Crippen LogP contribution is 2.34. The molecule has 4 rings (SSSR count). The molecule has 0 bridgehead atoms. The third-order valence-electron chi connectivity index (χ3n) is 5.76. The Hall–Kier alpha value is -4.17. The van der Waals surface area contributed by atoms with E-state index in [1.807, 2.05) is 76.6 Å². The Morgan fingerprint density at radius 1 is 0.972 bits per heavy atom. The zero-order chi connectivity index (χ0) is 25.5. The van der Waals surface area contributed by atoms with Gasteiger partial charge >= 0.3 is 0 Å². The summed E-state index contributed by atoms with van der Waals surface area (Å²) in [6, 6.07) is 19.7. The molecule has 0 aliphatic rings. The highest BCUT2D eigenvalue weighted by atomic mass is 16.5. The van der Waals surface area contributed by atoms with Crippen LogP contribution in [0.3, 0.4) is 0 Å². The lowest BCUT2D eigenvalue weighted by Gasteiger charge is -2.14. The number of ether oxygens (including phenoxy) is 2. The van der Waals surface area contributed by atoms with Gasteiger partial charge in [0, 0.05) is 48.0 Å². The second kappa shape index (κ2) is 11.5. The second-order valence-electron chi connectivity index (χ2n) is 8.54. The lowest BCUT2D eigenvalue weighted by Crippen LogP contribution is -2.16. The molecular weight excluding hydrogens is 452 g/mol. The maximum Gasteiger partial charge on any atom is 0.230 e. The largest absolute Gasteiger partial charge is 0.495 e. The third-order valence-corrected chi connectivity index (χ3v) is 5.76. The van der Waals surface area contributed by atoms with Gasteiger partial charge in [-0.3, -0.25) is 4.99 Å². The summed E-state index contributed by atoms with van der Waals surface area (Å²) in [6.07, 6.45) is 1.66. The zero-order valence-electron chi connectivity index (χ0n) is 21.4. The van der Waals surface area contributed by atoms with Crippen molar-refractivity contribution in [1.29, 1.82) is 0 Å². The molecule has 0 spiro atoms. The van der Waals surface area contributed by atoms with Gasteiger partial charge in [-0.2, -0.15) is 4.98 Å². The molecule has 3 aromatic carbocycles. The molecule has 8 nitrogen and oxygen atoms in total. The summed E-state index contributed by atoms with van der Waals surface area (Å²) in [6.45, 7) is 3.66. The van der Waals surface area contributed by atoms with Crippen LogP contribution in [0.2, 0.25) is 0 Å². The van der Waals surface area contributed by atoms with Crippen LogP contribution in [0.5, 0.6) is 17.4 Å². The molecule has 1 aromatic heterocycles. The van der Waals surface area contributed by atoms with E-state index in [1.165, 1.54) is 0 Å². The van der Waals surface area contributed by atoms with Crippen molar-refractivity contribution in [2.75, 3.05) is 52.0 Å². The minimum Gasteiger partial charge on any atom is -0.495 e. The Morgan fingerprint density at radius 3 is 2.50 bits per heavy atom. The average molecular weight is 485 g/mol. The van der Waals surface area contributed by atoms with E-state index in [2.05, 4.69) is 36.6 Å². The number of aromatic nitrogens is 2. The molecule has 2 N–H and O–H groups in total. The molecule has 0 atom stereocenters. The summed E-state index contributed by atoms with van der Waals surface area (Å²) in [7, 11) is 7.63. The Labute approximate surface area is 212 Å². The summed E-state index contributed by atoms with van der Waals surface area (Å²) in [5.41, 5.74) is 3.76. The molecule has 0 amide bonds. The monoisotopic (exact) mass is 484 g/mol. The van der Waals surface area contributed by atoms with E-state index in [-0.39, 0.29) is 0 Å². The lowest BCUT2D eigenvalue weighted by atomic mass is 10.1. The van der Waals surface area contributed by atoms with Crippen molar-refractivity contribution in [2.45, 2.75) is 6.92 Å². The number of rotatable bonds is 10. The van der Waals surface area contributed by atoms with Crippen LogP contribution in [0.25, 0.3) is 10.8 Å². The van der Waals surface area contributed by atoms with E-state index in [4.69, 9.17) is 9.47 Å². The van der Waals surface area contributed by atoms with Crippen LogP contribution in [0.1, 0.15) is 12.5 Å². The Kier molecular flexibility index (Phi) is 7.97. The predicted octanol–water partition coefficient (Wildman–Crippen LogP) is 5.59. The number of aliphatic imine (C=N–C) groups is 1. The van der Waals surface area contributed by atoms with Gasteiger partial charge in [-0.25, -0.2) is 4.98 Å². The number of nitrogens with one attached hydrogen (secondary N) is 2. The van der Waals surface area contributed by atoms with E-state index in [0.717, 1.165) is 52.3 Å². The van der Waals surface area contributed by atoms with E-state index in [9.17, 15) is 0 Å². The Bertz CT molecular complexity index is 1370. The van der Waals surface area contributed by atoms with Crippen LogP contribution in [0, 0.1) is 0 Å². The summed E-state index contributed by atoms with van der Waals surface area (Å²) in [5, 5.41) is 8.54. The van der Waals surface area contributed by atoms with Gasteiger partial charge in [0.05, 0.1) is 19.3 Å². The fourth-order valence-electron chi connectivity index (χ4n) is 3.80. The topological polar surface area (TPSA) is 83.9 Å². The summed E-state index contributed by atoms with van der Waals surface area (Å²) >= 11 is 0. The van der Waals surface area contributed by atoms with Crippen LogP contribution in [-0.2, 0) is 0 Å². The predicted molar refractivity (Wildman–Crippen MR) is 148 cm³/mol. The normalized spacial score (nSPS) is 11.6. The molecule has 1 heterocycles.